The molecule has 28 heavy (non-hydrogen) atoms. The lowest BCUT2D eigenvalue weighted by Crippen LogP contribution is -2.38. The lowest BCUT2D eigenvalue weighted by molar-refractivity contribution is 1.14. The number of hydrogen-bond acceptors (Lipinski definition) is 3. The van der Waals surface area contributed by atoms with Crippen LogP contribution in [-0.4, -0.2) is 17.0 Å². The third-order valence-electron chi connectivity index (χ3n) is 4.33. The minimum absolute atomic E-state index is 0.608. The summed E-state index contributed by atoms with van der Waals surface area (Å²) in [5, 5.41) is 0. The van der Waals surface area contributed by atoms with Crippen LogP contribution in [0.25, 0.3) is 0 Å². The molecule has 142 valence electrons. The Kier molecular flexibility index (Phi) is 7.20. The standard InChI is InChI=1S/C23H22N2S3/c1-3-18-14-16-19(17-15-18)24(2)22(26)23(27)25(20-10-6-4-7-11-20)28-21-12-8-5-9-13-21/h4-17H,3H2,1-2H3. The van der Waals surface area contributed by atoms with Gasteiger partial charge in [0.1, 0.15) is 4.99 Å². The molecule has 0 saturated carbocycles. The maximum absolute atomic E-state index is 5.83. The summed E-state index contributed by atoms with van der Waals surface area (Å²) in [6.07, 6.45) is 1.02. The first-order valence-corrected chi connectivity index (χ1v) is 10.7. The molecule has 5 heteroatoms. The highest BCUT2D eigenvalue weighted by Crippen LogP contribution is 2.30. The van der Waals surface area contributed by atoms with Crippen LogP contribution in [0.5, 0.6) is 0 Å². The summed E-state index contributed by atoms with van der Waals surface area (Å²) in [5.74, 6) is 0. The Balaban J connectivity index is 1.86. The maximum Gasteiger partial charge on any atom is 0.152 e. The van der Waals surface area contributed by atoms with E-state index in [1.54, 1.807) is 11.9 Å². The van der Waals surface area contributed by atoms with Gasteiger partial charge in [0.15, 0.2) is 4.99 Å². The average Bonchev–Trinajstić information content (AvgIpc) is 2.77. The van der Waals surface area contributed by atoms with Gasteiger partial charge in [-0.2, -0.15) is 0 Å². The SMILES string of the molecule is CCc1ccc(N(C)C(=S)C(=S)N(Sc2ccccc2)c2ccccc2)cc1. The second-order valence-electron chi connectivity index (χ2n) is 6.22. The second-order valence-corrected chi connectivity index (χ2v) is 8.02. The highest BCUT2D eigenvalue weighted by atomic mass is 32.2. The fraction of sp³-hybridized carbons (Fsp3) is 0.130. The Hall–Kier alpha value is -2.21. The molecule has 0 saturated heterocycles. The number of hydrogen-bond donors (Lipinski definition) is 0. The third-order valence-corrected chi connectivity index (χ3v) is 6.48. The number of rotatable bonds is 5. The molecule has 0 aliphatic rings. The van der Waals surface area contributed by atoms with E-state index in [2.05, 4.69) is 43.3 Å². The minimum Gasteiger partial charge on any atom is -0.333 e. The lowest BCUT2D eigenvalue weighted by atomic mass is 10.1. The number of likely N-dealkylation sites (N-methyl/N-ethyl adjacent to an activating group) is 1. The van der Waals surface area contributed by atoms with Crippen LogP contribution in [0.15, 0.2) is 89.8 Å². The van der Waals surface area contributed by atoms with Crippen LogP contribution in [0.3, 0.4) is 0 Å². The van der Waals surface area contributed by atoms with Crippen LogP contribution in [0.4, 0.5) is 11.4 Å². The van der Waals surface area contributed by atoms with Crippen LogP contribution >= 0.6 is 36.4 Å². The van der Waals surface area contributed by atoms with E-state index in [4.69, 9.17) is 24.4 Å². The molecule has 0 radical (unpaired) electrons. The van der Waals surface area contributed by atoms with Gasteiger partial charge in [0.05, 0.1) is 5.69 Å². The zero-order valence-electron chi connectivity index (χ0n) is 15.9. The summed E-state index contributed by atoms with van der Waals surface area (Å²) in [6.45, 7) is 2.15. The number of nitrogens with zero attached hydrogens (tertiary/aromatic N) is 2. The Bertz CT molecular complexity index is 925. The Labute approximate surface area is 182 Å². The van der Waals surface area contributed by atoms with Gasteiger partial charge in [-0.15, -0.1) is 0 Å². The fourth-order valence-electron chi connectivity index (χ4n) is 2.66. The molecule has 2 nitrogen and oxygen atoms in total. The molecule has 3 aromatic rings. The van der Waals surface area contributed by atoms with E-state index in [1.807, 2.05) is 64.8 Å². The molecule has 0 spiro atoms. The first-order chi connectivity index (χ1) is 13.6. The number of para-hydroxylation sites is 1. The van der Waals surface area contributed by atoms with Crippen molar-refractivity contribution in [2.24, 2.45) is 0 Å². The van der Waals surface area contributed by atoms with Crippen molar-refractivity contribution < 1.29 is 0 Å². The van der Waals surface area contributed by atoms with Gasteiger partial charge >= 0.3 is 0 Å². The summed E-state index contributed by atoms with van der Waals surface area (Å²) in [7, 11) is 1.96. The molecule has 0 N–H and O–H groups in total. The Morgan fingerprint density at radius 2 is 1.32 bits per heavy atom. The minimum atomic E-state index is 0.608. The van der Waals surface area contributed by atoms with Gasteiger partial charge in [-0.3, -0.25) is 4.31 Å². The Morgan fingerprint density at radius 1 is 0.750 bits per heavy atom. The van der Waals surface area contributed by atoms with Crippen molar-refractivity contribution in [2.45, 2.75) is 18.2 Å². The summed E-state index contributed by atoms with van der Waals surface area (Å²) in [6, 6.07) is 28.7. The average molecular weight is 423 g/mol. The van der Waals surface area contributed by atoms with E-state index in [1.165, 1.54) is 5.56 Å². The number of anilines is 2. The summed E-state index contributed by atoms with van der Waals surface area (Å²) < 4.78 is 2.02. The zero-order valence-corrected chi connectivity index (χ0v) is 18.4. The molecule has 0 atom stereocenters. The lowest BCUT2D eigenvalue weighted by Gasteiger charge is -2.28. The normalized spacial score (nSPS) is 10.4. The molecule has 0 aliphatic carbocycles. The van der Waals surface area contributed by atoms with Crippen molar-refractivity contribution >= 4 is 57.7 Å². The van der Waals surface area contributed by atoms with Gasteiger partial charge in [0.2, 0.25) is 0 Å². The summed E-state index contributed by atoms with van der Waals surface area (Å²) in [4.78, 5) is 4.30. The van der Waals surface area contributed by atoms with E-state index in [9.17, 15) is 0 Å². The molecule has 0 aromatic heterocycles. The van der Waals surface area contributed by atoms with E-state index in [-0.39, 0.29) is 0 Å². The number of aryl methyl sites for hydroxylation is 1. The number of thiocarbonyl (C=S) groups is 2. The van der Waals surface area contributed by atoms with Crippen molar-refractivity contribution in [1.29, 1.82) is 0 Å². The van der Waals surface area contributed by atoms with Gasteiger partial charge in [-0.25, -0.2) is 0 Å². The first-order valence-electron chi connectivity index (χ1n) is 9.09. The molecular weight excluding hydrogens is 400 g/mol. The van der Waals surface area contributed by atoms with Crippen molar-refractivity contribution in [3.8, 4) is 0 Å². The molecule has 0 heterocycles. The number of benzene rings is 3. The highest BCUT2D eigenvalue weighted by molar-refractivity contribution is 8.03. The molecule has 0 bridgehead atoms. The predicted molar refractivity (Wildman–Crippen MR) is 131 cm³/mol. The molecule has 3 aromatic carbocycles. The van der Waals surface area contributed by atoms with Gasteiger partial charge in [-0.05, 0) is 60.3 Å². The van der Waals surface area contributed by atoms with Crippen LogP contribution in [0, 0.1) is 0 Å². The van der Waals surface area contributed by atoms with Crippen LogP contribution < -0.4 is 9.21 Å². The van der Waals surface area contributed by atoms with E-state index in [0.717, 1.165) is 22.7 Å². The van der Waals surface area contributed by atoms with Crippen molar-refractivity contribution in [2.75, 3.05) is 16.3 Å². The molecule has 0 unspecified atom stereocenters. The molecular formula is C23H22N2S3. The van der Waals surface area contributed by atoms with Gasteiger partial charge in [0.25, 0.3) is 0 Å². The predicted octanol–water partition coefficient (Wildman–Crippen LogP) is 6.55. The first kappa shape index (κ1) is 20.5. The van der Waals surface area contributed by atoms with Gasteiger partial charge in [0, 0.05) is 17.6 Å². The van der Waals surface area contributed by atoms with Crippen LogP contribution in [-0.2, 0) is 6.42 Å². The monoisotopic (exact) mass is 422 g/mol. The summed E-state index contributed by atoms with van der Waals surface area (Å²) in [5.41, 5.74) is 3.33. The summed E-state index contributed by atoms with van der Waals surface area (Å²) >= 11 is 13.2. The largest absolute Gasteiger partial charge is 0.333 e. The maximum atomic E-state index is 5.83. The topological polar surface area (TPSA) is 6.48 Å². The smallest absolute Gasteiger partial charge is 0.152 e. The van der Waals surface area contributed by atoms with Crippen LogP contribution in [0.1, 0.15) is 12.5 Å². The van der Waals surface area contributed by atoms with Gasteiger partial charge < -0.3 is 4.90 Å². The molecule has 3 rings (SSSR count). The van der Waals surface area contributed by atoms with E-state index < -0.39 is 0 Å². The van der Waals surface area contributed by atoms with E-state index in [0.29, 0.717) is 9.98 Å². The second kappa shape index (κ2) is 9.82. The highest BCUT2D eigenvalue weighted by Gasteiger charge is 2.21. The fourth-order valence-corrected chi connectivity index (χ4v) is 4.16. The van der Waals surface area contributed by atoms with E-state index >= 15 is 0 Å². The quantitative estimate of drug-likeness (QED) is 0.338. The van der Waals surface area contributed by atoms with Crippen molar-refractivity contribution in [3.05, 3.63) is 90.5 Å². The molecule has 0 aliphatic heterocycles. The van der Waals surface area contributed by atoms with Crippen molar-refractivity contribution in [1.82, 2.24) is 0 Å². The molecule has 0 fully saturated rings. The van der Waals surface area contributed by atoms with Gasteiger partial charge in [-0.1, -0.05) is 79.9 Å². The Morgan fingerprint density at radius 3 is 1.89 bits per heavy atom. The van der Waals surface area contributed by atoms with Crippen molar-refractivity contribution in [3.63, 3.8) is 0 Å². The third kappa shape index (κ3) is 4.98. The zero-order chi connectivity index (χ0) is 19.9. The van der Waals surface area contributed by atoms with Crippen LogP contribution in [0.2, 0.25) is 0 Å². The molecule has 0 amide bonds.